The molecule has 4 nitrogen and oxygen atoms in total. The molecular formula is C13H18N2O2. The molecule has 2 rings (SSSR count). The number of nitrogens with one attached hydrogen (secondary N) is 1. The van der Waals surface area contributed by atoms with E-state index in [2.05, 4.69) is 22.3 Å². The van der Waals surface area contributed by atoms with Crippen molar-refractivity contribution in [1.82, 2.24) is 10.2 Å². The van der Waals surface area contributed by atoms with Crippen molar-refractivity contribution in [3.05, 3.63) is 35.9 Å². The lowest BCUT2D eigenvalue weighted by Gasteiger charge is -2.15. The average molecular weight is 234 g/mol. The lowest BCUT2D eigenvalue weighted by molar-refractivity contribution is -0.110. The Kier molecular flexibility index (Phi) is 4.12. The summed E-state index contributed by atoms with van der Waals surface area (Å²) in [6, 6.07) is 10.3. The van der Waals surface area contributed by atoms with Gasteiger partial charge in [0.2, 0.25) is 6.41 Å². The Morgan fingerprint density at radius 2 is 2.12 bits per heavy atom. The van der Waals surface area contributed by atoms with Gasteiger partial charge in [0.05, 0.1) is 0 Å². The van der Waals surface area contributed by atoms with Crippen molar-refractivity contribution in [3.8, 4) is 0 Å². The Hall–Kier alpha value is -1.39. The van der Waals surface area contributed by atoms with Gasteiger partial charge < -0.3 is 10.4 Å². The Morgan fingerprint density at radius 1 is 1.35 bits per heavy atom. The average Bonchev–Trinajstić information content (AvgIpc) is 2.73. The van der Waals surface area contributed by atoms with Gasteiger partial charge in [-0.15, -0.1) is 0 Å². The van der Waals surface area contributed by atoms with Crippen molar-refractivity contribution in [2.75, 3.05) is 19.7 Å². The second kappa shape index (κ2) is 5.80. The molecule has 1 fully saturated rings. The van der Waals surface area contributed by atoms with E-state index in [9.17, 15) is 9.90 Å². The molecule has 0 spiro atoms. The van der Waals surface area contributed by atoms with Gasteiger partial charge in [0.15, 0.2) is 0 Å². The van der Waals surface area contributed by atoms with Crippen LogP contribution in [0, 0.1) is 5.92 Å². The molecule has 2 N–H and O–H groups in total. The van der Waals surface area contributed by atoms with E-state index in [1.807, 2.05) is 18.2 Å². The number of rotatable bonds is 5. The summed E-state index contributed by atoms with van der Waals surface area (Å²) in [7, 11) is 0. The van der Waals surface area contributed by atoms with Gasteiger partial charge in [0.25, 0.3) is 0 Å². The van der Waals surface area contributed by atoms with Crippen LogP contribution >= 0.6 is 0 Å². The molecule has 92 valence electrons. The van der Waals surface area contributed by atoms with Crippen LogP contribution in [0.25, 0.3) is 0 Å². The highest BCUT2D eigenvalue weighted by Crippen LogP contribution is 2.18. The Bertz CT molecular complexity index is 356. The fraction of sp³-hybridized carbons (Fsp3) is 0.462. The number of hydrogen-bond acceptors (Lipinski definition) is 3. The van der Waals surface area contributed by atoms with Gasteiger partial charge in [-0.3, -0.25) is 9.69 Å². The summed E-state index contributed by atoms with van der Waals surface area (Å²) in [5.41, 5.74) is 1.26. The maximum absolute atomic E-state index is 10.5. The van der Waals surface area contributed by atoms with E-state index in [4.69, 9.17) is 0 Å². The van der Waals surface area contributed by atoms with E-state index < -0.39 is 0 Å². The van der Waals surface area contributed by atoms with Crippen LogP contribution in [-0.2, 0) is 11.3 Å². The van der Waals surface area contributed by atoms with Crippen molar-refractivity contribution in [1.29, 1.82) is 0 Å². The number of aliphatic hydroxyl groups excluding tert-OH is 1. The highest BCUT2D eigenvalue weighted by Gasteiger charge is 2.31. The van der Waals surface area contributed by atoms with Gasteiger partial charge in [-0.2, -0.15) is 0 Å². The summed E-state index contributed by atoms with van der Waals surface area (Å²) in [6.45, 7) is 2.63. The van der Waals surface area contributed by atoms with Crippen LogP contribution in [0.1, 0.15) is 5.56 Å². The Balaban J connectivity index is 1.93. The van der Waals surface area contributed by atoms with E-state index in [0.29, 0.717) is 0 Å². The zero-order valence-corrected chi connectivity index (χ0v) is 9.75. The third kappa shape index (κ3) is 3.05. The number of hydrogen-bond donors (Lipinski definition) is 2. The smallest absolute Gasteiger partial charge is 0.207 e. The predicted molar refractivity (Wildman–Crippen MR) is 65.3 cm³/mol. The maximum atomic E-state index is 10.5. The Morgan fingerprint density at radius 3 is 2.76 bits per heavy atom. The molecule has 0 saturated carbocycles. The first kappa shape index (κ1) is 12.1. The molecule has 1 heterocycles. The summed E-state index contributed by atoms with van der Waals surface area (Å²) in [5.74, 6) is 0.143. The fourth-order valence-electron chi connectivity index (χ4n) is 2.39. The highest BCUT2D eigenvalue weighted by molar-refractivity contribution is 5.47. The number of carbonyl (C=O) groups excluding carboxylic acids is 1. The van der Waals surface area contributed by atoms with Crippen LogP contribution in [0.5, 0.6) is 0 Å². The minimum Gasteiger partial charge on any atom is -0.396 e. The number of likely N-dealkylation sites (tertiary alicyclic amines) is 1. The minimum atomic E-state index is 0.0706. The van der Waals surface area contributed by atoms with Crippen LogP contribution in [0.3, 0.4) is 0 Å². The van der Waals surface area contributed by atoms with Crippen molar-refractivity contribution in [2.45, 2.75) is 12.6 Å². The topological polar surface area (TPSA) is 52.6 Å². The summed E-state index contributed by atoms with van der Waals surface area (Å²) < 4.78 is 0. The fourth-order valence-corrected chi connectivity index (χ4v) is 2.39. The number of carbonyl (C=O) groups is 1. The molecular weight excluding hydrogens is 216 g/mol. The van der Waals surface area contributed by atoms with Crippen LogP contribution in [0.2, 0.25) is 0 Å². The molecule has 17 heavy (non-hydrogen) atoms. The first-order valence-electron chi connectivity index (χ1n) is 5.90. The molecule has 1 saturated heterocycles. The monoisotopic (exact) mass is 234 g/mol. The lowest BCUT2D eigenvalue weighted by Crippen LogP contribution is -2.36. The highest BCUT2D eigenvalue weighted by atomic mass is 16.3. The zero-order valence-electron chi connectivity index (χ0n) is 9.75. The molecule has 0 aliphatic carbocycles. The number of amides is 1. The molecule has 4 heteroatoms. The number of aliphatic hydroxyl groups is 1. The van der Waals surface area contributed by atoms with Crippen molar-refractivity contribution < 1.29 is 9.90 Å². The van der Waals surface area contributed by atoms with E-state index in [1.54, 1.807) is 0 Å². The normalized spacial score (nSPS) is 24.8. The minimum absolute atomic E-state index is 0.0706. The summed E-state index contributed by atoms with van der Waals surface area (Å²) in [5, 5.41) is 12.0. The number of benzene rings is 1. The quantitative estimate of drug-likeness (QED) is 0.717. The summed E-state index contributed by atoms with van der Waals surface area (Å²) >= 11 is 0. The SMILES string of the molecule is O=CNC1CN(Cc2ccccc2)CC1CO. The van der Waals surface area contributed by atoms with Gasteiger partial charge in [0.1, 0.15) is 0 Å². The molecule has 1 amide bonds. The number of nitrogens with zero attached hydrogens (tertiary/aromatic N) is 1. The molecule has 1 aromatic carbocycles. The van der Waals surface area contributed by atoms with Gasteiger partial charge >= 0.3 is 0 Å². The molecule has 2 unspecified atom stereocenters. The summed E-state index contributed by atoms with van der Waals surface area (Å²) in [4.78, 5) is 12.7. The lowest BCUT2D eigenvalue weighted by atomic mass is 10.1. The van der Waals surface area contributed by atoms with Crippen LogP contribution < -0.4 is 5.32 Å². The van der Waals surface area contributed by atoms with Gasteiger partial charge in [0, 0.05) is 38.2 Å². The predicted octanol–water partition coefficient (Wildman–Crippen LogP) is 0.225. The van der Waals surface area contributed by atoms with Crippen molar-refractivity contribution in [3.63, 3.8) is 0 Å². The molecule has 1 aliphatic heterocycles. The molecule has 1 aromatic rings. The van der Waals surface area contributed by atoms with Crippen LogP contribution in [0.15, 0.2) is 30.3 Å². The second-order valence-corrected chi connectivity index (χ2v) is 4.51. The first-order valence-corrected chi connectivity index (χ1v) is 5.90. The van der Waals surface area contributed by atoms with Gasteiger partial charge in [-0.25, -0.2) is 0 Å². The van der Waals surface area contributed by atoms with Crippen LogP contribution in [0.4, 0.5) is 0 Å². The molecule has 1 aliphatic rings. The van der Waals surface area contributed by atoms with Crippen LogP contribution in [-0.4, -0.2) is 42.2 Å². The van der Waals surface area contributed by atoms with Crippen molar-refractivity contribution in [2.24, 2.45) is 5.92 Å². The molecule has 0 bridgehead atoms. The third-order valence-electron chi connectivity index (χ3n) is 3.28. The zero-order chi connectivity index (χ0) is 12.1. The van der Waals surface area contributed by atoms with Gasteiger partial charge in [-0.1, -0.05) is 30.3 Å². The Labute approximate surface area is 101 Å². The van der Waals surface area contributed by atoms with E-state index in [1.165, 1.54) is 5.56 Å². The largest absolute Gasteiger partial charge is 0.396 e. The molecule has 2 atom stereocenters. The van der Waals surface area contributed by atoms with Gasteiger partial charge in [-0.05, 0) is 5.56 Å². The second-order valence-electron chi connectivity index (χ2n) is 4.51. The standard InChI is InChI=1S/C13H18N2O2/c16-9-12-7-15(8-13(12)14-10-17)6-11-4-2-1-3-5-11/h1-5,10,12-13,16H,6-9H2,(H,14,17). The summed E-state index contributed by atoms with van der Waals surface area (Å²) in [6.07, 6.45) is 0.722. The van der Waals surface area contributed by atoms with E-state index in [-0.39, 0.29) is 18.6 Å². The third-order valence-corrected chi connectivity index (χ3v) is 3.28. The van der Waals surface area contributed by atoms with Crippen molar-refractivity contribution >= 4 is 6.41 Å². The van der Waals surface area contributed by atoms with E-state index in [0.717, 1.165) is 26.0 Å². The van der Waals surface area contributed by atoms with E-state index >= 15 is 0 Å². The molecule has 0 radical (unpaired) electrons. The first-order chi connectivity index (χ1) is 8.33. The molecule has 0 aromatic heterocycles. The maximum Gasteiger partial charge on any atom is 0.207 e.